The van der Waals surface area contributed by atoms with Crippen molar-refractivity contribution in [3.63, 3.8) is 0 Å². The molecule has 0 radical (unpaired) electrons. The van der Waals surface area contributed by atoms with Crippen molar-refractivity contribution in [1.29, 1.82) is 0 Å². The number of fused-ring (bicyclic) bond motifs is 2. The van der Waals surface area contributed by atoms with E-state index in [1.54, 1.807) is 4.57 Å². The molecule has 1 aromatic carbocycles. The minimum Gasteiger partial charge on any atom is -0.486 e. The topological polar surface area (TPSA) is 103 Å². The number of aliphatic hydroxyl groups is 2. The first-order valence-corrected chi connectivity index (χ1v) is 6.50. The Labute approximate surface area is 115 Å². The SMILES string of the molecule is NCc1nc2cc3c(cc2n1CC(O)CO)OCCO3. The number of hydrogen-bond acceptors (Lipinski definition) is 6. The van der Waals surface area contributed by atoms with Gasteiger partial charge in [-0.25, -0.2) is 4.98 Å². The normalized spacial score (nSPS) is 15.6. The quantitative estimate of drug-likeness (QED) is 0.705. The predicted molar refractivity (Wildman–Crippen MR) is 71.7 cm³/mol. The number of aromatic nitrogens is 2. The first-order valence-electron chi connectivity index (χ1n) is 6.50. The second-order valence-corrected chi connectivity index (χ2v) is 4.66. The Morgan fingerprint density at radius 2 is 2.00 bits per heavy atom. The maximum atomic E-state index is 9.65. The van der Waals surface area contributed by atoms with Crippen LogP contribution in [-0.2, 0) is 13.1 Å². The minimum absolute atomic E-state index is 0.235. The van der Waals surface area contributed by atoms with E-state index in [1.165, 1.54) is 0 Å². The first-order chi connectivity index (χ1) is 9.72. The highest BCUT2D eigenvalue weighted by Gasteiger charge is 2.18. The standard InChI is InChI=1S/C13H17N3O4/c14-5-13-15-9-3-11-12(20-2-1-19-11)4-10(9)16(13)6-8(18)7-17/h3-4,8,17-18H,1-2,5-7,14H2. The Hall–Kier alpha value is -1.83. The Bertz CT molecular complexity index is 626. The van der Waals surface area contributed by atoms with Gasteiger partial charge in [0.25, 0.3) is 0 Å². The van der Waals surface area contributed by atoms with Crippen molar-refractivity contribution in [2.24, 2.45) is 5.73 Å². The van der Waals surface area contributed by atoms with E-state index in [-0.39, 0.29) is 19.7 Å². The third-order valence-corrected chi connectivity index (χ3v) is 3.28. The molecule has 0 saturated heterocycles. The average molecular weight is 279 g/mol. The van der Waals surface area contributed by atoms with Crippen molar-refractivity contribution in [3.05, 3.63) is 18.0 Å². The highest BCUT2D eigenvalue weighted by molar-refractivity contribution is 5.80. The zero-order valence-corrected chi connectivity index (χ0v) is 11.0. The summed E-state index contributed by atoms with van der Waals surface area (Å²) < 4.78 is 12.9. The van der Waals surface area contributed by atoms with Gasteiger partial charge in [0.1, 0.15) is 19.0 Å². The number of nitrogens with zero attached hydrogens (tertiary/aromatic N) is 2. The van der Waals surface area contributed by atoms with Gasteiger partial charge in [-0.15, -0.1) is 0 Å². The minimum atomic E-state index is -0.856. The molecule has 2 aromatic rings. The molecular formula is C13H17N3O4. The highest BCUT2D eigenvalue weighted by atomic mass is 16.6. The molecule has 0 amide bonds. The molecule has 1 aliphatic heterocycles. The maximum absolute atomic E-state index is 9.65. The molecule has 1 atom stereocenters. The van der Waals surface area contributed by atoms with E-state index in [1.807, 2.05) is 12.1 Å². The summed E-state index contributed by atoms with van der Waals surface area (Å²) in [7, 11) is 0. The largest absolute Gasteiger partial charge is 0.486 e. The summed E-state index contributed by atoms with van der Waals surface area (Å²) in [4.78, 5) is 4.44. The fourth-order valence-corrected chi connectivity index (χ4v) is 2.34. The van der Waals surface area contributed by atoms with Gasteiger partial charge < -0.3 is 30.0 Å². The fraction of sp³-hybridized carbons (Fsp3) is 0.462. The van der Waals surface area contributed by atoms with Gasteiger partial charge in [0.05, 0.1) is 36.8 Å². The number of rotatable bonds is 4. The molecule has 7 nitrogen and oxygen atoms in total. The van der Waals surface area contributed by atoms with E-state index in [4.69, 9.17) is 20.3 Å². The van der Waals surface area contributed by atoms with Crippen LogP contribution in [0.15, 0.2) is 12.1 Å². The molecule has 0 bridgehead atoms. The van der Waals surface area contributed by atoms with E-state index < -0.39 is 6.10 Å². The smallest absolute Gasteiger partial charge is 0.163 e. The molecule has 1 aliphatic rings. The van der Waals surface area contributed by atoms with Crippen molar-refractivity contribution in [1.82, 2.24) is 9.55 Å². The Balaban J connectivity index is 2.11. The van der Waals surface area contributed by atoms with Gasteiger partial charge in [-0.3, -0.25) is 0 Å². The van der Waals surface area contributed by atoms with Gasteiger partial charge >= 0.3 is 0 Å². The monoisotopic (exact) mass is 279 g/mol. The fourth-order valence-electron chi connectivity index (χ4n) is 2.34. The number of hydrogen-bond donors (Lipinski definition) is 3. The van der Waals surface area contributed by atoms with Gasteiger partial charge in [0.2, 0.25) is 0 Å². The molecule has 7 heteroatoms. The van der Waals surface area contributed by atoms with Crippen LogP contribution in [0.5, 0.6) is 11.5 Å². The molecule has 3 rings (SSSR count). The molecular weight excluding hydrogens is 262 g/mol. The molecule has 0 aliphatic carbocycles. The summed E-state index contributed by atoms with van der Waals surface area (Å²) in [6.45, 7) is 1.20. The van der Waals surface area contributed by atoms with E-state index in [9.17, 15) is 5.11 Å². The van der Waals surface area contributed by atoms with Crippen molar-refractivity contribution in [2.75, 3.05) is 19.8 Å². The number of nitrogens with two attached hydrogens (primary N) is 1. The maximum Gasteiger partial charge on any atom is 0.163 e. The second-order valence-electron chi connectivity index (χ2n) is 4.66. The lowest BCUT2D eigenvalue weighted by molar-refractivity contribution is 0.0814. The summed E-state index contributed by atoms with van der Waals surface area (Å²) in [5, 5.41) is 18.7. The van der Waals surface area contributed by atoms with E-state index in [2.05, 4.69) is 4.98 Å². The number of aliphatic hydroxyl groups excluding tert-OH is 2. The zero-order valence-electron chi connectivity index (χ0n) is 11.0. The number of ether oxygens (including phenoxy) is 2. The van der Waals surface area contributed by atoms with Crippen molar-refractivity contribution in [3.8, 4) is 11.5 Å². The van der Waals surface area contributed by atoms with Gasteiger partial charge in [-0.05, 0) is 0 Å². The predicted octanol–water partition coefficient (Wildman–Crippen LogP) is -0.381. The lowest BCUT2D eigenvalue weighted by Crippen LogP contribution is -2.22. The summed E-state index contributed by atoms with van der Waals surface area (Å²) in [6.07, 6.45) is -0.856. The molecule has 20 heavy (non-hydrogen) atoms. The average Bonchev–Trinajstić information content (AvgIpc) is 2.81. The van der Waals surface area contributed by atoms with Crippen LogP contribution in [0, 0.1) is 0 Å². The molecule has 0 spiro atoms. The summed E-state index contributed by atoms with van der Waals surface area (Å²) >= 11 is 0. The Morgan fingerprint density at radius 3 is 2.65 bits per heavy atom. The summed E-state index contributed by atoms with van der Waals surface area (Å²) in [5.74, 6) is 1.97. The Morgan fingerprint density at radius 1 is 1.30 bits per heavy atom. The molecule has 0 saturated carbocycles. The van der Waals surface area contributed by atoms with Crippen LogP contribution in [0.25, 0.3) is 11.0 Å². The summed E-state index contributed by atoms with van der Waals surface area (Å²) in [6, 6.07) is 3.64. The molecule has 108 valence electrons. The molecule has 2 heterocycles. The molecule has 1 unspecified atom stereocenters. The van der Waals surface area contributed by atoms with Crippen molar-refractivity contribution < 1.29 is 19.7 Å². The lowest BCUT2D eigenvalue weighted by atomic mass is 10.2. The third-order valence-electron chi connectivity index (χ3n) is 3.28. The third kappa shape index (κ3) is 2.20. The van der Waals surface area contributed by atoms with Gasteiger partial charge in [-0.1, -0.05) is 0 Å². The van der Waals surface area contributed by atoms with Crippen LogP contribution < -0.4 is 15.2 Å². The first kappa shape index (κ1) is 13.2. The van der Waals surface area contributed by atoms with Gasteiger partial charge in [0, 0.05) is 12.1 Å². The van der Waals surface area contributed by atoms with Crippen LogP contribution in [-0.4, -0.2) is 45.7 Å². The Kier molecular flexibility index (Phi) is 3.47. The van der Waals surface area contributed by atoms with E-state index in [0.29, 0.717) is 30.5 Å². The van der Waals surface area contributed by atoms with Crippen LogP contribution in [0.4, 0.5) is 0 Å². The zero-order chi connectivity index (χ0) is 14.1. The van der Waals surface area contributed by atoms with E-state index in [0.717, 1.165) is 11.0 Å². The van der Waals surface area contributed by atoms with Crippen molar-refractivity contribution >= 4 is 11.0 Å². The van der Waals surface area contributed by atoms with Crippen LogP contribution in [0.3, 0.4) is 0 Å². The molecule has 0 fully saturated rings. The van der Waals surface area contributed by atoms with Crippen molar-refractivity contribution in [2.45, 2.75) is 19.2 Å². The van der Waals surface area contributed by atoms with E-state index >= 15 is 0 Å². The molecule has 4 N–H and O–H groups in total. The van der Waals surface area contributed by atoms with Crippen LogP contribution in [0.1, 0.15) is 5.82 Å². The summed E-state index contributed by atoms with van der Waals surface area (Å²) in [5.41, 5.74) is 7.24. The highest BCUT2D eigenvalue weighted by Crippen LogP contribution is 2.34. The van der Waals surface area contributed by atoms with Crippen LogP contribution >= 0.6 is 0 Å². The van der Waals surface area contributed by atoms with Gasteiger partial charge in [-0.2, -0.15) is 0 Å². The lowest BCUT2D eigenvalue weighted by Gasteiger charge is -2.18. The van der Waals surface area contributed by atoms with Gasteiger partial charge in [0.15, 0.2) is 11.5 Å². The second kappa shape index (κ2) is 5.28. The number of imidazole rings is 1. The number of benzene rings is 1. The van der Waals surface area contributed by atoms with Crippen LogP contribution in [0.2, 0.25) is 0 Å². The molecule has 1 aromatic heterocycles.